The fourth-order valence-corrected chi connectivity index (χ4v) is 7.19. The van der Waals surface area contributed by atoms with Gasteiger partial charge in [0.25, 0.3) is 21.8 Å². The van der Waals surface area contributed by atoms with Gasteiger partial charge in [0.05, 0.1) is 27.8 Å². The van der Waals surface area contributed by atoms with E-state index in [0.29, 0.717) is 43.1 Å². The third-order valence-corrected chi connectivity index (χ3v) is 9.71. The number of carbonyl (C=O) groups is 2. The number of fused-ring (bicyclic) bond motifs is 2. The van der Waals surface area contributed by atoms with E-state index in [2.05, 4.69) is 5.32 Å². The minimum absolute atomic E-state index is 0.00139. The van der Waals surface area contributed by atoms with E-state index in [-0.39, 0.29) is 34.7 Å². The Hall–Kier alpha value is -4.54. The number of rotatable bonds is 9. The number of carbonyl (C=O) groups excluding carboxylic acids is 2. The van der Waals surface area contributed by atoms with Gasteiger partial charge in [-0.3, -0.25) is 13.9 Å². The molecule has 4 aromatic rings. The molecule has 1 atom stereocenters. The van der Waals surface area contributed by atoms with Gasteiger partial charge in [-0.25, -0.2) is 8.42 Å². The molecule has 0 saturated heterocycles. The molecule has 2 amide bonds. The largest absolute Gasteiger partial charge is 0.482 e. The molecule has 0 spiro atoms. The minimum atomic E-state index is -3.84. The third kappa shape index (κ3) is 6.09. The van der Waals surface area contributed by atoms with Gasteiger partial charge in [0, 0.05) is 13.1 Å². The molecule has 6 rings (SSSR count). The maximum absolute atomic E-state index is 13.4. The van der Waals surface area contributed by atoms with Crippen LogP contribution in [0.15, 0.2) is 102 Å². The first-order valence-corrected chi connectivity index (χ1v) is 16.0. The van der Waals surface area contributed by atoms with Gasteiger partial charge in [0.15, 0.2) is 12.7 Å². The summed E-state index contributed by atoms with van der Waals surface area (Å²) in [5.41, 5.74) is 3.25. The van der Waals surface area contributed by atoms with Crippen LogP contribution in [-0.2, 0) is 32.5 Å². The summed E-state index contributed by atoms with van der Waals surface area (Å²) in [5, 5.41) is 2.96. The van der Waals surface area contributed by atoms with Gasteiger partial charge in [-0.2, -0.15) is 0 Å². The predicted molar refractivity (Wildman–Crippen MR) is 168 cm³/mol. The topological polar surface area (TPSA) is 105 Å². The summed E-state index contributed by atoms with van der Waals surface area (Å²) in [7, 11) is -3.84. The molecule has 0 radical (unpaired) electrons. The van der Waals surface area contributed by atoms with E-state index in [1.165, 1.54) is 27.4 Å². The molecule has 0 unspecified atom stereocenters. The van der Waals surface area contributed by atoms with Crippen molar-refractivity contribution >= 4 is 44.8 Å². The number of hydrogen-bond donors (Lipinski definition) is 1. The van der Waals surface area contributed by atoms with E-state index in [0.717, 1.165) is 11.1 Å². The van der Waals surface area contributed by atoms with Gasteiger partial charge in [-0.1, -0.05) is 72.3 Å². The quantitative estimate of drug-likeness (QED) is 0.289. The van der Waals surface area contributed by atoms with E-state index < -0.39 is 22.0 Å². The lowest BCUT2D eigenvalue weighted by atomic mass is 10.1. The zero-order valence-electron chi connectivity index (χ0n) is 23.7. The molecule has 2 heterocycles. The number of hydrogen-bond acceptors (Lipinski definition) is 6. The molecule has 2 aliphatic heterocycles. The molecular weight excluding hydrogens is 602 g/mol. The van der Waals surface area contributed by atoms with Gasteiger partial charge in [-0.15, -0.1) is 0 Å². The molecule has 0 fully saturated rings. The van der Waals surface area contributed by atoms with Crippen LogP contribution in [0.3, 0.4) is 0 Å². The maximum Gasteiger partial charge on any atom is 0.265 e. The lowest BCUT2D eigenvalue weighted by Gasteiger charge is -2.34. The molecule has 0 bridgehead atoms. The van der Waals surface area contributed by atoms with Crippen molar-refractivity contribution in [2.24, 2.45) is 0 Å². The van der Waals surface area contributed by atoms with E-state index in [1.807, 2.05) is 42.5 Å². The maximum atomic E-state index is 13.4. The van der Waals surface area contributed by atoms with Crippen molar-refractivity contribution in [2.75, 3.05) is 35.4 Å². The average Bonchev–Trinajstić information content (AvgIpc) is 3.49. The molecule has 2 aliphatic rings. The summed E-state index contributed by atoms with van der Waals surface area (Å²) in [6.07, 6.45) is 0.389. The number of nitrogens with one attached hydrogen (secondary N) is 1. The Morgan fingerprint density at radius 1 is 0.932 bits per heavy atom. The van der Waals surface area contributed by atoms with Crippen molar-refractivity contribution in [3.63, 3.8) is 0 Å². The standard InChI is InChI=1S/C33H30ClN3O6S/c34-26-20-25(44(40,41)37-19-17-24-10-4-5-11-27(24)37)14-15-29(26)42-22-32(38)36-21-31(43-30-13-7-6-12-28(30)36)33(39)35-18-16-23-8-2-1-3-9-23/h1-15,20,31H,16-19,21-22H2,(H,35,39)/t31-/m1/s1. The number of nitrogens with zero attached hydrogens (tertiary/aromatic N) is 2. The average molecular weight is 632 g/mol. The molecule has 0 saturated carbocycles. The second kappa shape index (κ2) is 12.6. The first kappa shape index (κ1) is 29.5. The molecule has 4 aromatic carbocycles. The third-order valence-electron chi connectivity index (χ3n) is 7.61. The Labute approximate surface area is 261 Å². The molecule has 44 heavy (non-hydrogen) atoms. The first-order chi connectivity index (χ1) is 21.3. The SMILES string of the molecule is O=C(NCCc1ccccc1)[C@H]1CN(C(=O)COc2ccc(S(=O)(=O)N3CCc4ccccc43)cc2Cl)c2ccccc2O1. The van der Waals surface area contributed by atoms with Gasteiger partial charge in [0.2, 0.25) is 0 Å². The zero-order valence-corrected chi connectivity index (χ0v) is 25.3. The monoisotopic (exact) mass is 631 g/mol. The summed E-state index contributed by atoms with van der Waals surface area (Å²) >= 11 is 6.44. The van der Waals surface area contributed by atoms with E-state index >= 15 is 0 Å². The number of anilines is 2. The highest BCUT2D eigenvalue weighted by Gasteiger charge is 2.34. The highest BCUT2D eigenvalue weighted by atomic mass is 35.5. The summed E-state index contributed by atoms with van der Waals surface area (Å²) in [6, 6.07) is 28.4. The zero-order chi connectivity index (χ0) is 30.7. The fraction of sp³-hybridized carbons (Fsp3) is 0.212. The summed E-state index contributed by atoms with van der Waals surface area (Å²) in [4.78, 5) is 27.9. The number of benzene rings is 4. The number of halogens is 1. The fourth-order valence-electron chi connectivity index (χ4n) is 5.36. The first-order valence-electron chi connectivity index (χ1n) is 14.2. The molecule has 226 valence electrons. The second-order valence-electron chi connectivity index (χ2n) is 10.4. The Kier molecular flexibility index (Phi) is 8.45. The highest BCUT2D eigenvalue weighted by molar-refractivity contribution is 7.92. The highest BCUT2D eigenvalue weighted by Crippen LogP contribution is 2.36. The molecule has 11 heteroatoms. The van der Waals surface area contributed by atoms with Crippen molar-refractivity contribution in [1.29, 1.82) is 0 Å². The summed E-state index contributed by atoms with van der Waals surface area (Å²) in [5.74, 6) is -0.164. The van der Waals surface area contributed by atoms with Crippen molar-refractivity contribution in [2.45, 2.75) is 23.8 Å². The molecular formula is C33H30ClN3O6S. The van der Waals surface area contributed by atoms with Gasteiger partial charge >= 0.3 is 0 Å². The Balaban J connectivity index is 1.11. The number of para-hydroxylation sites is 3. The molecule has 0 aliphatic carbocycles. The van der Waals surface area contributed by atoms with E-state index in [4.69, 9.17) is 21.1 Å². The Bertz CT molecular complexity index is 1800. The number of amides is 2. The Morgan fingerprint density at radius 3 is 2.45 bits per heavy atom. The lowest BCUT2D eigenvalue weighted by Crippen LogP contribution is -2.52. The Morgan fingerprint density at radius 2 is 1.66 bits per heavy atom. The van der Waals surface area contributed by atoms with Crippen molar-refractivity contribution in [3.05, 3.63) is 113 Å². The summed E-state index contributed by atoms with van der Waals surface area (Å²) in [6.45, 7) is 0.385. The number of ether oxygens (including phenoxy) is 2. The number of sulfonamides is 1. The molecule has 0 aromatic heterocycles. The van der Waals surface area contributed by atoms with Crippen LogP contribution in [0.4, 0.5) is 11.4 Å². The van der Waals surface area contributed by atoms with Crippen LogP contribution < -0.4 is 24.0 Å². The second-order valence-corrected chi connectivity index (χ2v) is 12.7. The molecule has 9 nitrogen and oxygen atoms in total. The van der Waals surface area contributed by atoms with Crippen LogP contribution in [-0.4, -0.2) is 52.6 Å². The van der Waals surface area contributed by atoms with Crippen molar-refractivity contribution < 1.29 is 27.5 Å². The van der Waals surface area contributed by atoms with Crippen LogP contribution in [0.25, 0.3) is 0 Å². The van der Waals surface area contributed by atoms with Gasteiger partial charge in [-0.05, 0) is 60.4 Å². The predicted octanol–water partition coefficient (Wildman–Crippen LogP) is 4.62. The van der Waals surface area contributed by atoms with Crippen LogP contribution >= 0.6 is 11.6 Å². The lowest BCUT2D eigenvalue weighted by molar-refractivity contribution is -0.128. The van der Waals surface area contributed by atoms with Crippen LogP contribution in [0.2, 0.25) is 5.02 Å². The van der Waals surface area contributed by atoms with E-state index in [1.54, 1.807) is 36.4 Å². The molecule has 1 N–H and O–H groups in total. The minimum Gasteiger partial charge on any atom is -0.482 e. The normalized spacial score (nSPS) is 15.6. The summed E-state index contributed by atoms with van der Waals surface area (Å²) < 4.78 is 39.9. The van der Waals surface area contributed by atoms with Crippen molar-refractivity contribution in [3.8, 4) is 11.5 Å². The van der Waals surface area contributed by atoms with Gasteiger partial charge < -0.3 is 19.7 Å². The smallest absolute Gasteiger partial charge is 0.265 e. The van der Waals surface area contributed by atoms with Crippen LogP contribution in [0.1, 0.15) is 11.1 Å². The van der Waals surface area contributed by atoms with Crippen LogP contribution in [0, 0.1) is 0 Å². The van der Waals surface area contributed by atoms with Crippen LogP contribution in [0.5, 0.6) is 11.5 Å². The van der Waals surface area contributed by atoms with Gasteiger partial charge in [0.1, 0.15) is 11.5 Å². The van der Waals surface area contributed by atoms with Crippen molar-refractivity contribution in [1.82, 2.24) is 5.32 Å². The van der Waals surface area contributed by atoms with E-state index in [9.17, 15) is 18.0 Å².